The Morgan fingerprint density at radius 2 is 2.00 bits per heavy atom. The van der Waals surface area contributed by atoms with Gasteiger partial charge in [0.05, 0.1) is 17.0 Å². The number of thiophene rings is 1. The van der Waals surface area contributed by atoms with E-state index in [9.17, 15) is 8.42 Å². The Kier molecular flexibility index (Phi) is 4.84. The zero-order chi connectivity index (χ0) is 15.6. The minimum Gasteiger partial charge on any atom is -0.375 e. The average Bonchev–Trinajstić information content (AvgIpc) is 2.96. The molecule has 118 valence electrons. The maximum atomic E-state index is 12.6. The van der Waals surface area contributed by atoms with Crippen LogP contribution in [0.5, 0.6) is 0 Å². The SMILES string of the molecule is O=S(=O)(c1ccc(Cl)s1)N1CCOC(Cc2ccccc2)C1. The van der Waals surface area contributed by atoms with Gasteiger partial charge in [-0.3, -0.25) is 0 Å². The lowest BCUT2D eigenvalue weighted by molar-refractivity contribution is -0.000439. The van der Waals surface area contributed by atoms with Gasteiger partial charge < -0.3 is 4.74 Å². The highest BCUT2D eigenvalue weighted by Gasteiger charge is 2.31. The van der Waals surface area contributed by atoms with E-state index < -0.39 is 10.0 Å². The van der Waals surface area contributed by atoms with Crippen LogP contribution in [-0.2, 0) is 21.2 Å². The lowest BCUT2D eigenvalue weighted by atomic mass is 10.1. The number of ether oxygens (including phenoxy) is 1. The van der Waals surface area contributed by atoms with Gasteiger partial charge in [-0.05, 0) is 24.1 Å². The highest BCUT2D eigenvalue weighted by molar-refractivity contribution is 7.91. The largest absolute Gasteiger partial charge is 0.375 e. The number of benzene rings is 1. The van der Waals surface area contributed by atoms with Crippen LogP contribution in [0, 0.1) is 0 Å². The summed E-state index contributed by atoms with van der Waals surface area (Å²) >= 11 is 6.94. The van der Waals surface area contributed by atoms with Crippen LogP contribution in [0.3, 0.4) is 0 Å². The van der Waals surface area contributed by atoms with Gasteiger partial charge in [0, 0.05) is 13.1 Å². The number of hydrogen-bond donors (Lipinski definition) is 0. The topological polar surface area (TPSA) is 46.6 Å². The summed E-state index contributed by atoms with van der Waals surface area (Å²) in [4.78, 5) is 0. The van der Waals surface area contributed by atoms with Crippen molar-refractivity contribution in [2.75, 3.05) is 19.7 Å². The van der Waals surface area contributed by atoms with E-state index in [2.05, 4.69) is 0 Å². The quantitative estimate of drug-likeness (QED) is 0.845. The third kappa shape index (κ3) is 3.52. The Hall–Kier alpha value is -0.920. The molecule has 0 N–H and O–H groups in total. The molecule has 0 radical (unpaired) electrons. The van der Waals surface area contributed by atoms with Gasteiger partial charge in [0.15, 0.2) is 0 Å². The van der Waals surface area contributed by atoms with Crippen LogP contribution in [0.4, 0.5) is 0 Å². The summed E-state index contributed by atoms with van der Waals surface area (Å²) in [5.41, 5.74) is 1.14. The van der Waals surface area contributed by atoms with Crippen molar-refractivity contribution in [1.29, 1.82) is 0 Å². The first-order valence-corrected chi connectivity index (χ1v) is 9.60. The zero-order valence-corrected chi connectivity index (χ0v) is 14.2. The second-order valence-corrected chi connectivity index (χ2v) is 8.98. The van der Waals surface area contributed by atoms with Gasteiger partial charge in [-0.1, -0.05) is 41.9 Å². The first kappa shape index (κ1) is 16.0. The fourth-order valence-electron chi connectivity index (χ4n) is 2.47. The van der Waals surface area contributed by atoms with Gasteiger partial charge >= 0.3 is 0 Å². The molecule has 3 rings (SSSR count). The van der Waals surface area contributed by atoms with Gasteiger partial charge in [0.25, 0.3) is 10.0 Å². The first-order chi connectivity index (χ1) is 10.6. The minimum absolute atomic E-state index is 0.124. The second-order valence-electron chi connectivity index (χ2n) is 5.10. The number of halogens is 1. The van der Waals surface area contributed by atoms with E-state index in [4.69, 9.17) is 16.3 Å². The van der Waals surface area contributed by atoms with E-state index in [0.29, 0.717) is 30.5 Å². The zero-order valence-electron chi connectivity index (χ0n) is 11.8. The lowest BCUT2D eigenvalue weighted by Gasteiger charge is -2.31. The maximum Gasteiger partial charge on any atom is 0.252 e. The van der Waals surface area contributed by atoms with Crippen molar-refractivity contribution in [3.05, 3.63) is 52.4 Å². The molecule has 0 saturated carbocycles. The molecule has 1 saturated heterocycles. The number of hydrogen-bond acceptors (Lipinski definition) is 4. The summed E-state index contributed by atoms with van der Waals surface area (Å²) in [6, 6.07) is 13.1. The molecule has 1 unspecified atom stereocenters. The molecule has 0 amide bonds. The molecular weight excluding hydrogens is 342 g/mol. The van der Waals surface area contributed by atoms with Crippen molar-refractivity contribution in [2.24, 2.45) is 0 Å². The summed E-state index contributed by atoms with van der Waals surface area (Å²) in [6.07, 6.45) is 0.583. The third-order valence-corrected chi connectivity index (χ3v) is 7.11. The predicted octanol–water partition coefficient (Wildman–Crippen LogP) is 3.03. The molecule has 1 atom stereocenters. The van der Waals surface area contributed by atoms with Gasteiger partial charge in [-0.15, -0.1) is 11.3 Å². The molecule has 2 heterocycles. The summed E-state index contributed by atoms with van der Waals surface area (Å²) in [7, 11) is -3.48. The molecular formula is C15H16ClNO3S2. The molecule has 22 heavy (non-hydrogen) atoms. The molecule has 2 aromatic rings. The molecule has 4 nitrogen and oxygen atoms in total. The molecule has 1 fully saturated rings. The average molecular weight is 358 g/mol. The first-order valence-electron chi connectivity index (χ1n) is 6.97. The third-order valence-electron chi connectivity index (χ3n) is 3.55. The molecule has 0 bridgehead atoms. The van der Waals surface area contributed by atoms with Crippen LogP contribution >= 0.6 is 22.9 Å². The summed E-state index contributed by atoms with van der Waals surface area (Å²) in [5.74, 6) is 0. The Morgan fingerprint density at radius 1 is 1.23 bits per heavy atom. The number of nitrogens with zero attached hydrogens (tertiary/aromatic N) is 1. The van der Waals surface area contributed by atoms with Crippen molar-refractivity contribution < 1.29 is 13.2 Å². The highest BCUT2D eigenvalue weighted by atomic mass is 35.5. The molecule has 7 heteroatoms. The molecule has 0 spiro atoms. The van der Waals surface area contributed by atoms with Crippen LogP contribution < -0.4 is 0 Å². The number of sulfonamides is 1. The summed E-state index contributed by atoms with van der Waals surface area (Å²) in [6.45, 7) is 1.16. The van der Waals surface area contributed by atoms with Crippen LogP contribution in [0.2, 0.25) is 4.34 Å². The standard InChI is InChI=1S/C15H16ClNO3S2/c16-14-6-7-15(21-14)22(18,19)17-8-9-20-13(11-17)10-12-4-2-1-3-5-12/h1-7,13H,8-11H2. The van der Waals surface area contributed by atoms with Crippen molar-refractivity contribution in [3.63, 3.8) is 0 Å². The van der Waals surface area contributed by atoms with E-state index >= 15 is 0 Å². The van der Waals surface area contributed by atoms with Gasteiger partial charge in [-0.2, -0.15) is 4.31 Å². The Balaban J connectivity index is 1.73. The summed E-state index contributed by atoms with van der Waals surface area (Å²) in [5, 5.41) is 0. The van der Waals surface area contributed by atoms with Crippen molar-refractivity contribution in [1.82, 2.24) is 4.31 Å². The molecule has 1 aliphatic rings. The number of morpholine rings is 1. The molecule has 1 aromatic heterocycles. The summed E-state index contributed by atoms with van der Waals surface area (Å²) < 4.78 is 33.2. The minimum atomic E-state index is -3.48. The number of rotatable bonds is 4. The van der Waals surface area contributed by atoms with E-state index in [1.165, 1.54) is 4.31 Å². The van der Waals surface area contributed by atoms with E-state index in [0.717, 1.165) is 16.9 Å². The van der Waals surface area contributed by atoms with E-state index in [1.807, 2.05) is 30.3 Å². The van der Waals surface area contributed by atoms with Crippen LogP contribution in [0.25, 0.3) is 0 Å². The fraction of sp³-hybridized carbons (Fsp3) is 0.333. The van der Waals surface area contributed by atoms with Gasteiger partial charge in [0.1, 0.15) is 4.21 Å². The van der Waals surface area contributed by atoms with Crippen molar-refractivity contribution in [2.45, 2.75) is 16.7 Å². The van der Waals surface area contributed by atoms with Gasteiger partial charge in [0.2, 0.25) is 0 Å². The molecule has 1 aromatic carbocycles. The second kappa shape index (κ2) is 6.68. The Morgan fingerprint density at radius 3 is 2.68 bits per heavy atom. The Labute approximate surface area is 139 Å². The molecule has 1 aliphatic heterocycles. The van der Waals surface area contributed by atoms with Gasteiger partial charge in [-0.25, -0.2) is 8.42 Å². The van der Waals surface area contributed by atoms with Crippen molar-refractivity contribution in [3.8, 4) is 0 Å². The maximum absolute atomic E-state index is 12.6. The van der Waals surface area contributed by atoms with Crippen LogP contribution in [-0.4, -0.2) is 38.5 Å². The van der Waals surface area contributed by atoms with Crippen LogP contribution in [0.15, 0.2) is 46.7 Å². The van der Waals surface area contributed by atoms with Crippen molar-refractivity contribution >= 4 is 33.0 Å². The Bertz CT molecular complexity index is 730. The van der Waals surface area contributed by atoms with E-state index in [1.54, 1.807) is 12.1 Å². The monoisotopic (exact) mass is 357 g/mol. The van der Waals surface area contributed by atoms with E-state index in [-0.39, 0.29) is 10.3 Å². The normalized spacial score (nSPS) is 20.1. The lowest BCUT2D eigenvalue weighted by Crippen LogP contribution is -2.46. The highest BCUT2D eigenvalue weighted by Crippen LogP contribution is 2.29. The van der Waals surface area contributed by atoms with Crippen LogP contribution in [0.1, 0.15) is 5.56 Å². The smallest absolute Gasteiger partial charge is 0.252 e. The molecule has 0 aliphatic carbocycles. The fourth-order valence-corrected chi connectivity index (χ4v) is 5.57. The predicted molar refractivity (Wildman–Crippen MR) is 88.0 cm³/mol.